The molecule has 0 aromatic carbocycles. The maximum absolute atomic E-state index is 12.7. The van der Waals surface area contributed by atoms with E-state index < -0.39 is 0 Å². The van der Waals surface area contributed by atoms with E-state index in [-0.39, 0.29) is 5.91 Å². The third-order valence-electron chi connectivity index (χ3n) is 5.67. The number of carbonyl (C=O) groups excluding carboxylic acids is 1. The summed E-state index contributed by atoms with van der Waals surface area (Å²) in [5.41, 5.74) is 0.681. The van der Waals surface area contributed by atoms with Gasteiger partial charge < -0.3 is 13.9 Å². The quantitative estimate of drug-likeness (QED) is 0.855. The van der Waals surface area contributed by atoms with Crippen LogP contribution in [0.15, 0.2) is 16.8 Å². The number of likely N-dealkylation sites (tertiary alicyclic amines) is 1. The lowest BCUT2D eigenvalue weighted by atomic mass is 9.85. The van der Waals surface area contributed by atoms with E-state index in [9.17, 15) is 4.79 Å². The predicted octanol–water partition coefficient (Wildman–Crippen LogP) is 3.31. The van der Waals surface area contributed by atoms with Crippen LogP contribution in [0.2, 0.25) is 0 Å². The van der Waals surface area contributed by atoms with Gasteiger partial charge in [0.1, 0.15) is 5.82 Å². The van der Waals surface area contributed by atoms with Crippen LogP contribution in [-0.2, 0) is 6.54 Å². The summed E-state index contributed by atoms with van der Waals surface area (Å²) in [6, 6.07) is 0. The second kappa shape index (κ2) is 6.65. The van der Waals surface area contributed by atoms with Gasteiger partial charge in [-0.25, -0.2) is 9.97 Å². The summed E-state index contributed by atoms with van der Waals surface area (Å²) in [7, 11) is 0. The molecule has 1 amide bonds. The minimum Gasteiger partial charge on any atom is -0.436 e. The Balaban J connectivity index is 1.39. The standard InChI is InChI=1S/C19H26N4O2/c1-13-17(25-14(2)21-13)19(24)22-9-6-16(7-10-22)18-20-8-11-23(18)12-15-4-3-5-15/h8,11,15-16H,3-7,9-10,12H2,1-2H3. The molecule has 1 aliphatic carbocycles. The first-order chi connectivity index (χ1) is 12.1. The van der Waals surface area contributed by atoms with Gasteiger partial charge in [-0.3, -0.25) is 4.79 Å². The molecule has 2 aliphatic rings. The molecule has 25 heavy (non-hydrogen) atoms. The van der Waals surface area contributed by atoms with Gasteiger partial charge in [0.25, 0.3) is 5.91 Å². The maximum Gasteiger partial charge on any atom is 0.291 e. The molecule has 134 valence electrons. The van der Waals surface area contributed by atoms with Crippen LogP contribution in [0.5, 0.6) is 0 Å². The lowest BCUT2D eigenvalue weighted by Gasteiger charge is -2.32. The molecule has 1 saturated heterocycles. The largest absolute Gasteiger partial charge is 0.436 e. The highest BCUT2D eigenvalue weighted by molar-refractivity contribution is 5.92. The number of amides is 1. The first-order valence-corrected chi connectivity index (χ1v) is 9.36. The number of hydrogen-bond donors (Lipinski definition) is 0. The normalized spacial score (nSPS) is 19.2. The van der Waals surface area contributed by atoms with E-state index in [1.807, 2.05) is 18.0 Å². The Morgan fingerprint density at radius 3 is 2.60 bits per heavy atom. The molecule has 2 fully saturated rings. The van der Waals surface area contributed by atoms with Gasteiger partial charge in [-0.2, -0.15) is 0 Å². The van der Waals surface area contributed by atoms with Crippen LogP contribution >= 0.6 is 0 Å². The zero-order valence-electron chi connectivity index (χ0n) is 15.1. The van der Waals surface area contributed by atoms with Gasteiger partial charge in [0.15, 0.2) is 5.89 Å². The van der Waals surface area contributed by atoms with Crippen molar-refractivity contribution in [2.45, 2.75) is 58.4 Å². The SMILES string of the molecule is Cc1nc(C)c(C(=O)N2CCC(c3nccn3CC3CCC3)CC2)o1. The van der Waals surface area contributed by atoms with E-state index in [1.54, 1.807) is 6.92 Å². The van der Waals surface area contributed by atoms with Crippen molar-refractivity contribution in [2.24, 2.45) is 5.92 Å². The summed E-state index contributed by atoms with van der Waals surface area (Å²) >= 11 is 0. The number of oxazole rings is 1. The van der Waals surface area contributed by atoms with E-state index in [0.717, 1.165) is 38.4 Å². The molecular formula is C19H26N4O2. The number of nitrogens with zero attached hydrogens (tertiary/aromatic N) is 4. The molecule has 4 rings (SSSR count). The second-order valence-electron chi connectivity index (χ2n) is 7.45. The van der Waals surface area contributed by atoms with Crippen LogP contribution < -0.4 is 0 Å². The number of piperidine rings is 1. The van der Waals surface area contributed by atoms with Crippen molar-refractivity contribution in [2.75, 3.05) is 13.1 Å². The topological polar surface area (TPSA) is 64.2 Å². The summed E-state index contributed by atoms with van der Waals surface area (Å²) in [4.78, 5) is 23.4. The van der Waals surface area contributed by atoms with Crippen molar-refractivity contribution in [3.05, 3.63) is 35.6 Å². The molecule has 0 atom stereocenters. The van der Waals surface area contributed by atoms with Crippen molar-refractivity contribution in [3.8, 4) is 0 Å². The Kier molecular flexibility index (Phi) is 4.36. The molecule has 0 N–H and O–H groups in total. The van der Waals surface area contributed by atoms with Crippen LogP contribution in [0.1, 0.15) is 66.0 Å². The molecule has 2 aromatic heterocycles. The molecule has 2 aromatic rings. The zero-order valence-corrected chi connectivity index (χ0v) is 15.1. The first kappa shape index (κ1) is 16.4. The molecular weight excluding hydrogens is 316 g/mol. The highest BCUT2D eigenvalue weighted by atomic mass is 16.4. The van der Waals surface area contributed by atoms with Gasteiger partial charge in [0.2, 0.25) is 5.76 Å². The zero-order chi connectivity index (χ0) is 17.4. The van der Waals surface area contributed by atoms with Crippen LogP contribution in [-0.4, -0.2) is 38.4 Å². The molecule has 1 aliphatic heterocycles. The number of imidazole rings is 1. The molecule has 6 nitrogen and oxygen atoms in total. The van der Waals surface area contributed by atoms with Gasteiger partial charge >= 0.3 is 0 Å². The Hall–Kier alpha value is -2.11. The summed E-state index contributed by atoms with van der Waals surface area (Å²) in [5.74, 6) is 3.38. The lowest BCUT2D eigenvalue weighted by Crippen LogP contribution is -2.38. The predicted molar refractivity (Wildman–Crippen MR) is 93.4 cm³/mol. The third-order valence-corrected chi connectivity index (χ3v) is 5.67. The Morgan fingerprint density at radius 1 is 1.24 bits per heavy atom. The second-order valence-corrected chi connectivity index (χ2v) is 7.45. The lowest BCUT2D eigenvalue weighted by molar-refractivity contribution is 0.0675. The van der Waals surface area contributed by atoms with Crippen molar-refractivity contribution >= 4 is 5.91 Å². The molecule has 0 radical (unpaired) electrons. The first-order valence-electron chi connectivity index (χ1n) is 9.36. The molecule has 0 bridgehead atoms. The summed E-state index contributed by atoms with van der Waals surface area (Å²) in [5, 5.41) is 0. The average Bonchev–Trinajstić information content (AvgIpc) is 3.16. The third kappa shape index (κ3) is 3.22. The van der Waals surface area contributed by atoms with Crippen LogP contribution in [0.3, 0.4) is 0 Å². The molecule has 3 heterocycles. The fraction of sp³-hybridized carbons (Fsp3) is 0.632. The van der Waals surface area contributed by atoms with E-state index >= 15 is 0 Å². The van der Waals surface area contributed by atoms with E-state index in [2.05, 4.69) is 20.7 Å². The monoisotopic (exact) mass is 342 g/mol. The summed E-state index contributed by atoms with van der Waals surface area (Å²) < 4.78 is 7.83. The van der Waals surface area contributed by atoms with Gasteiger partial charge in [0, 0.05) is 44.9 Å². The fourth-order valence-electron chi connectivity index (χ4n) is 4.00. The van der Waals surface area contributed by atoms with Crippen molar-refractivity contribution < 1.29 is 9.21 Å². The number of hydrogen-bond acceptors (Lipinski definition) is 4. The maximum atomic E-state index is 12.7. The van der Waals surface area contributed by atoms with Crippen molar-refractivity contribution in [1.29, 1.82) is 0 Å². The van der Waals surface area contributed by atoms with E-state index in [1.165, 1.54) is 25.1 Å². The van der Waals surface area contributed by atoms with Gasteiger partial charge in [-0.15, -0.1) is 0 Å². The summed E-state index contributed by atoms with van der Waals surface area (Å²) in [6.45, 7) is 6.20. The number of rotatable bonds is 4. The Bertz CT molecular complexity index is 751. The van der Waals surface area contributed by atoms with Crippen LogP contribution in [0.4, 0.5) is 0 Å². The van der Waals surface area contributed by atoms with Gasteiger partial charge in [-0.05, 0) is 38.5 Å². The minimum atomic E-state index is -0.0330. The number of aryl methyl sites for hydroxylation is 2. The summed E-state index contributed by atoms with van der Waals surface area (Å²) in [6.07, 6.45) is 10.0. The van der Waals surface area contributed by atoms with Crippen molar-refractivity contribution in [3.63, 3.8) is 0 Å². The molecule has 1 saturated carbocycles. The Morgan fingerprint density at radius 2 is 2.00 bits per heavy atom. The number of aromatic nitrogens is 3. The van der Waals surface area contributed by atoms with Crippen LogP contribution in [0.25, 0.3) is 0 Å². The Labute approximate surface area is 148 Å². The average molecular weight is 342 g/mol. The van der Waals surface area contributed by atoms with Gasteiger partial charge in [-0.1, -0.05) is 6.42 Å². The fourth-order valence-corrected chi connectivity index (χ4v) is 4.00. The van der Waals surface area contributed by atoms with Crippen molar-refractivity contribution in [1.82, 2.24) is 19.4 Å². The van der Waals surface area contributed by atoms with Crippen LogP contribution in [0, 0.1) is 19.8 Å². The number of carbonyl (C=O) groups is 1. The molecule has 0 spiro atoms. The minimum absolute atomic E-state index is 0.0330. The smallest absolute Gasteiger partial charge is 0.291 e. The highest BCUT2D eigenvalue weighted by Crippen LogP contribution is 2.32. The highest BCUT2D eigenvalue weighted by Gasteiger charge is 2.30. The van der Waals surface area contributed by atoms with E-state index in [4.69, 9.17) is 4.42 Å². The molecule has 6 heteroatoms. The van der Waals surface area contributed by atoms with E-state index in [0.29, 0.717) is 23.3 Å². The molecule has 0 unspecified atom stereocenters. The van der Waals surface area contributed by atoms with Gasteiger partial charge in [0.05, 0.1) is 5.69 Å².